The molecule has 0 saturated heterocycles. The van der Waals surface area contributed by atoms with Crippen molar-refractivity contribution in [3.05, 3.63) is 48.0 Å². The molecule has 0 unspecified atom stereocenters. The van der Waals surface area contributed by atoms with E-state index in [4.69, 9.17) is 9.47 Å². The van der Waals surface area contributed by atoms with Gasteiger partial charge in [0.25, 0.3) is 0 Å². The summed E-state index contributed by atoms with van der Waals surface area (Å²) in [7, 11) is 1.23. The zero-order chi connectivity index (χ0) is 17.8. The zero-order valence-electron chi connectivity index (χ0n) is 13.2. The third-order valence-corrected chi connectivity index (χ3v) is 3.42. The van der Waals surface area contributed by atoms with Crippen molar-refractivity contribution in [1.82, 2.24) is 0 Å². The molecule has 2 amide bonds. The monoisotopic (exact) mass is 342 g/mol. The van der Waals surface area contributed by atoms with E-state index in [2.05, 4.69) is 15.4 Å². The minimum atomic E-state index is -0.922. The Morgan fingerprint density at radius 1 is 0.960 bits per heavy atom. The lowest BCUT2D eigenvalue weighted by atomic mass is 10.2. The number of ether oxygens (including phenoxy) is 3. The lowest BCUT2D eigenvalue weighted by molar-refractivity contribution is -0.133. The second kappa shape index (κ2) is 6.91. The van der Waals surface area contributed by atoms with Crippen molar-refractivity contribution in [2.24, 2.45) is 0 Å². The third kappa shape index (κ3) is 3.52. The molecule has 0 aromatic heterocycles. The van der Waals surface area contributed by atoms with E-state index < -0.39 is 17.8 Å². The predicted octanol–water partition coefficient (Wildman–Crippen LogP) is 1.78. The second-order valence-corrected chi connectivity index (χ2v) is 5.01. The van der Waals surface area contributed by atoms with E-state index >= 15 is 0 Å². The van der Waals surface area contributed by atoms with Crippen molar-refractivity contribution in [1.29, 1.82) is 0 Å². The number of benzene rings is 2. The molecule has 3 rings (SSSR count). The van der Waals surface area contributed by atoms with Crippen LogP contribution in [0.5, 0.6) is 11.5 Å². The number of para-hydroxylation sites is 1. The molecule has 2 N–H and O–H groups in total. The Morgan fingerprint density at radius 2 is 1.68 bits per heavy atom. The van der Waals surface area contributed by atoms with Crippen molar-refractivity contribution in [2.75, 3.05) is 24.5 Å². The molecule has 0 radical (unpaired) electrons. The molecule has 128 valence electrons. The van der Waals surface area contributed by atoms with Crippen LogP contribution in [0, 0.1) is 0 Å². The number of carbonyl (C=O) groups is 3. The number of esters is 1. The van der Waals surface area contributed by atoms with E-state index in [1.165, 1.54) is 19.2 Å². The molecule has 0 spiro atoms. The smallest absolute Gasteiger partial charge is 0.339 e. The minimum absolute atomic E-state index is 0.109. The first kappa shape index (κ1) is 16.3. The fourth-order valence-corrected chi connectivity index (χ4v) is 2.22. The second-order valence-electron chi connectivity index (χ2n) is 5.01. The molecule has 25 heavy (non-hydrogen) atoms. The molecule has 0 aliphatic carbocycles. The molecular formula is C17H14N2O6. The summed E-state index contributed by atoms with van der Waals surface area (Å²) in [4.78, 5) is 35.8. The summed E-state index contributed by atoms with van der Waals surface area (Å²) in [6.45, 7) is 0.109. The maximum Gasteiger partial charge on any atom is 0.339 e. The van der Waals surface area contributed by atoms with Crippen molar-refractivity contribution in [2.45, 2.75) is 0 Å². The Kier molecular flexibility index (Phi) is 4.51. The van der Waals surface area contributed by atoms with Crippen molar-refractivity contribution in [3.8, 4) is 11.5 Å². The van der Waals surface area contributed by atoms with Crippen LogP contribution in [0.2, 0.25) is 0 Å². The lowest BCUT2D eigenvalue weighted by Crippen LogP contribution is -2.29. The number of methoxy groups -OCH3 is 1. The maximum absolute atomic E-state index is 12.1. The molecule has 2 aromatic carbocycles. The van der Waals surface area contributed by atoms with Gasteiger partial charge >= 0.3 is 17.8 Å². The van der Waals surface area contributed by atoms with Gasteiger partial charge in [-0.1, -0.05) is 12.1 Å². The summed E-state index contributed by atoms with van der Waals surface area (Å²) in [5.74, 6) is -1.39. The van der Waals surface area contributed by atoms with Crippen LogP contribution in [-0.2, 0) is 14.3 Å². The van der Waals surface area contributed by atoms with Gasteiger partial charge in [0.1, 0.15) is 0 Å². The predicted molar refractivity (Wildman–Crippen MR) is 87.6 cm³/mol. The molecule has 1 heterocycles. The van der Waals surface area contributed by atoms with Crippen LogP contribution in [0.3, 0.4) is 0 Å². The maximum atomic E-state index is 12.1. The van der Waals surface area contributed by atoms with Gasteiger partial charge in [0.15, 0.2) is 11.5 Å². The van der Waals surface area contributed by atoms with Crippen LogP contribution in [0.25, 0.3) is 0 Å². The van der Waals surface area contributed by atoms with E-state index in [1.54, 1.807) is 30.3 Å². The first-order valence-electron chi connectivity index (χ1n) is 7.28. The van der Waals surface area contributed by atoms with E-state index in [1.807, 2.05) is 0 Å². The average Bonchev–Trinajstić information content (AvgIpc) is 3.09. The Hall–Kier alpha value is -3.55. The zero-order valence-corrected chi connectivity index (χ0v) is 13.2. The molecule has 8 nitrogen and oxygen atoms in total. The van der Waals surface area contributed by atoms with Gasteiger partial charge in [-0.15, -0.1) is 0 Å². The fourth-order valence-electron chi connectivity index (χ4n) is 2.22. The average molecular weight is 342 g/mol. The number of hydrogen-bond acceptors (Lipinski definition) is 6. The summed E-state index contributed by atoms with van der Waals surface area (Å²) < 4.78 is 15.0. The summed E-state index contributed by atoms with van der Waals surface area (Å²) in [5, 5.41) is 4.84. The fraction of sp³-hybridized carbons (Fsp3) is 0.118. The Balaban J connectivity index is 1.69. The van der Waals surface area contributed by atoms with Crippen LogP contribution in [0.1, 0.15) is 10.4 Å². The number of amides is 2. The van der Waals surface area contributed by atoms with E-state index in [0.717, 1.165) is 0 Å². The van der Waals surface area contributed by atoms with Crippen LogP contribution in [-0.4, -0.2) is 31.7 Å². The number of hydrogen-bond donors (Lipinski definition) is 2. The van der Waals surface area contributed by atoms with Gasteiger partial charge in [0, 0.05) is 11.8 Å². The SMILES string of the molecule is COC(=O)c1ccccc1NC(=O)C(=O)Nc1ccc2c(c1)OCO2. The van der Waals surface area contributed by atoms with Crippen LogP contribution < -0.4 is 20.1 Å². The number of fused-ring (bicyclic) bond motifs is 1. The molecule has 0 bridgehead atoms. The normalized spacial score (nSPS) is 11.6. The minimum Gasteiger partial charge on any atom is -0.465 e. The highest BCUT2D eigenvalue weighted by Crippen LogP contribution is 2.34. The number of rotatable bonds is 3. The van der Waals surface area contributed by atoms with Gasteiger partial charge in [0.05, 0.1) is 18.4 Å². The topological polar surface area (TPSA) is 103 Å². The van der Waals surface area contributed by atoms with Crippen molar-refractivity contribution < 1.29 is 28.6 Å². The lowest BCUT2D eigenvalue weighted by Gasteiger charge is -2.10. The molecule has 1 aliphatic heterocycles. The molecule has 1 aliphatic rings. The standard InChI is InChI=1S/C17H14N2O6/c1-23-17(22)11-4-2-3-5-12(11)19-16(21)15(20)18-10-6-7-13-14(8-10)25-9-24-13/h2-8H,9H2,1H3,(H,18,20)(H,19,21). The highest BCUT2D eigenvalue weighted by molar-refractivity contribution is 6.44. The molecule has 0 saturated carbocycles. The first-order valence-corrected chi connectivity index (χ1v) is 7.28. The summed E-state index contributed by atoms with van der Waals surface area (Å²) in [6, 6.07) is 11.0. The Bertz CT molecular complexity index is 849. The van der Waals surface area contributed by atoms with Crippen LogP contribution >= 0.6 is 0 Å². The van der Waals surface area contributed by atoms with Crippen LogP contribution in [0.4, 0.5) is 11.4 Å². The van der Waals surface area contributed by atoms with E-state index in [-0.39, 0.29) is 18.0 Å². The van der Waals surface area contributed by atoms with E-state index in [0.29, 0.717) is 17.2 Å². The molecular weight excluding hydrogens is 328 g/mol. The Morgan fingerprint density at radius 3 is 2.48 bits per heavy atom. The number of nitrogens with one attached hydrogen (secondary N) is 2. The van der Waals surface area contributed by atoms with Crippen LogP contribution in [0.15, 0.2) is 42.5 Å². The van der Waals surface area contributed by atoms with Gasteiger partial charge in [-0.3, -0.25) is 9.59 Å². The van der Waals surface area contributed by atoms with E-state index in [9.17, 15) is 14.4 Å². The summed E-state index contributed by atoms with van der Waals surface area (Å²) >= 11 is 0. The largest absolute Gasteiger partial charge is 0.465 e. The molecule has 0 atom stereocenters. The molecule has 8 heteroatoms. The summed E-state index contributed by atoms with van der Waals surface area (Å²) in [5.41, 5.74) is 0.708. The third-order valence-electron chi connectivity index (χ3n) is 3.42. The Labute approximate surface area is 142 Å². The number of carbonyl (C=O) groups excluding carboxylic acids is 3. The molecule has 0 fully saturated rings. The quantitative estimate of drug-likeness (QED) is 0.651. The van der Waals surface area contributed by atoms with Crippen molar-refractivity contribution >= 4 is 29.2 Å². The van der Waals surface area contributed by atoms with Gasteiger partial charge < -0.3 is 24.8 Å². The van der Waals surface area contributed by atoms with Gasteiger partial charge in [-0.2, -0.15) is 0 Å². The molecule has 2 aromatic rings. The summed E-state index contributed by atoms with van der Waals surface area (Å²) in [6.07, 6.45) is 0. The highest BCUT2D eigenvalue weighted by Gasteiger charge is 2.20. The van der Waals surface area contributed by atoms with Crippen molar-refractivity contribution in [3.63, 3.8) is 0 Å². The van der Waals surface area contributed by atoms with Gasteiger partial charge in [0.2, 0.25) is 6.79 Å². The van der Waals surface area contributed by atoms with Gasteiger partial charge in [-0.05, 0) is 24.3 Å². The van der Waals surface area contributed by atoms with Gasteiger partial charge in [-0.25, -0.2) is 4.79 Å². The highest BCUT2D eigenvalue weighted by atomic mass is 16.7. The first-order chi connectivity index (χ1) is 12.1. The number of anilines is 2.